The maximum atomic E-state index is 12.6. The van der Waals surface area contributed by atoms with Crippen LogP contribution in [0.2, 0.25) is 0 Å². The number of rotatable bonds is 6. The molecule has 0 saturated heterocycles. The monoisotopic (exact) mass is 376 g/mol. The summed E-state index contributed by atoms with van der Waals surface area (Å²) < 4.78 is 11.0. The van der Waals surface area contributed by atoms with Gasteiger partial charge in [0.15, 0.2) is 0 Å². The Hall–Kier alpha value is -3.38. The molecule has 4 rings (SSSR count). The number of aromatic nitrogens is 1. The molecular formula is C21H16N2O3S. The number of furan rings is 1. The molecule has 27 heavy (non-hydrogen) atoms. The zero-order valence-electron chi connectivity index (χ0n) is 14.3. The number of nitrogens with zero attached hydrogens (tertiary/aromatic N) is 1. The fourth-order valence-electron chi connectivity index (χ4n) is 2.54. The molecule has 2 heterocycles. The van der Waals surface area contributed by atoms with Crippen LogP contribution in [0.25, 0.3) is 10.6 Å². The molecule has 4 aromatic rings. The van der Waals surface area contributed by atoms with Gasteiger partial charge < -0.3 is 14.5 Å². The van der Waals surface area contributed by atoms with Crippen molar-refractivity contribution in [1.82, 2.24) is 4.98 Å². The molecule has 5 nitrogen and oxygen atoms in total. The van der Waals surface area contributed by atoms with Gasteiger partial charge >= 0.3 is 0 Å². The molecule has 0 fully saturated rings. The molecule has 6 heteroatoms. The summed E-state index contributed by atoms with van der Waals surface area (Å²) in [5.41, 5.74) is 2.96. The highest BCUT2D eigenvalue weighted by Crippen LogP contribution is 2.25. The molecule has 1 amide bonds. The molecule has 0 atom stereocenters. The number of nitrogens with one attached hydrogen (secondary N) is 1. The van der Waals surface area contributed by atoms with Crippen molar-refractivity contribution < 1.29 is 13.9 Å². The van der Waals surface area contributed by atoms with E-state index >= 15 is 0 Å². The number of ether oxygens (including phenoxy) is 1. The third kappa shape index (κ3) is 4.07. The van der Waals surface area contributed by atoms with E-state index in [0.29, 0.717) is 11.3 Å². The number of thiazole rings is 1. The number of hydrogen-bond acceptors (Lipinski definition) is 5. The first kappa shape index (κ1) is 17.1. The summed E-state index contributed by atoms with van der Waals surface area (Å²) in [6.45, 7) is 0.282. The lowest BCUT2D eigenvalue weighted by atomic mass is 10.2. The van der Waals surface area contributed by atoms with Crippen LogP contribution in [-0.4, -0.2) is 10.9 Å². The predicted molar refractivity (Wildman–Crippen MR) is 105 cm³/mol. The van der Waals surface area contributed by atoms with Gasteiger partial charge in [0.2, 0.25) is 0 Å². The van der Waals surface area contributed by atoms with Crippen LogP contribution in [0.4, 0.5) is 5.69 Å². The van der Waals surface area contributed by atoms with Crippen LogP contribution in [0.5, 0.6) is 5.75 Å². The van der Waals surface area contributed by atoms with E-state index < -0.39 is 0 Å². The number of para-hydroxylation sites is 2. The summed E-state index contributed by atoms with van der Waals surface area (Å²) in [6, 6.07) is 18.4. The van der Waals surface area contributed by atoms with E-state index in [2.05, 4.69) is 10.3 Å². The fraction of sp³-hybridized carbons (Fsp3) is 0.0476. The molecule has 2 aromatic carbocycles. The Morgan fingerprint density at radius 3 is 2.70 bits per heavy atom. The van der Waals surface area contributed by atoms with Crippen molar-refractivity contribution in [2.75, 3.05) is 5.32 Å². The van der Waals surface area contributed by atoms with E-state index in [1.807, 2.05) is 53.9 Å². The van der Waals surface area contributed by atoms with Crippen molar-refractivity contribution in [1.29, 1.82) is 0 Å². The van der Waals surface area contributed by atoms with E-state index in [0.717, 1.165) is 22.0 Å². The molecule has 134 valence electrons. The maximum absolute atomic E-state index is 12.6. The van der Waals surface area contributed by atoms with Gasteiger partial charge in [-0.15, -0.1) is 11.3 Å². The number of benzene rings is 2. The van der Waals surface area contributed by atoms with Crippen molar-refractivity contribution in [3.63, 3.8) is 0 Å². The molecule has 0 aliphatic carbocycles. The van der Waals surface area contributed by atoms with Gasteiger partial charge in [-0.2, -0.15) is 0 Å². The van der Waals surface area contributed by atoms with Gasteiger partial charge in [0.25, 0.3) is 5.91 Å². The second kappa shape index (κ2) is 7.88. The molecule has 0 aliphatic rings. The van der Waals surface area contributed by atoms with Crippen molar-refractivity contribution in [2.24, 2.45) is 0 Å². The summed E-state index contributed by atoms with van der Waals surface area (Å²) in [5.74, 6) is 0.304. The van der Waals surface area contributed by atoms with Crippen molar-refractivity contribution in [3.05, 3.63) is 89.8 Å². The average molecular weight is 376 g/mol. The molecule has 0 bridgehead atoms. The lowest BCUT2D eigenvalue weighted by Gasteiger charge is -2.11. The first-order valence-electron chi connectivity index (χ1n) is 8.35. The van der Waals surface area contributed by atoms with E-state index in [-0.39, 0.29) is 12.5 Å². The molecule has 0 spiro atoms. The van der Waals surface area contributed by atoms with Crippen LogP contribution in [0.1, 0.15) is 16.1 Å². The van der Waals surface area contributed by atoms with Crippen LogP contribution in [0, 0.1) is 0 Å². The van der Waals surface area contributed by atoms with Gasteiger partial charge in [0.05, 0.1) is 17.5 Å². The zero-order chi connectivity index (χ0) is 18.5. The molecule has 0 radical (unpaired) electrons. The Morgan fingerprint density at radius 1 is 1.07 bits per heavy atom. The molecule has 2 aromatic heterocycles. The summed E-state index contributed by atoms with van der Waals surface area (Å²) in [5, 5.41) is 5.69. The molecule has 0 saturated carbocycles. The Bertz CT molecular complexity index is 1030. The molecular weight excluding hydrogens is 360 g/mol. The fourth-order valence-corrected chi connectivity index (χ4v) is 3.33. The van der Waals surface area contributed by atoms with Crippen LogP contribution < -0.4 is 10.1 Å². The summed E-state index contributed by atoms with van der Waals surface area (Å²) >= 11 is 1.52. The first-order valence-corrected chi connectivity index (χ1v) is 9.23. The van der Waals surface area contributed by atoms with Crippen molar-refractivity contribution in [3.8, 4) is 16.3 Å². The van der Waals surface area contributed by atoms with Crippen LogP contribution in [0.3, 0.4) is 0 Å². The van der Waals surface area contributed by atoms with Gasteiger partial charge in [-0.05, 0) is 30.3 Å². The van der Waals surface area contributed by atoms with Crippen LogP contribution >= 0.6 is 11.3 Å². The van der Waals surface area contributed by atoms with Crippen molar-refractivity contribution >= 4 is 22.9 Å². The standard InChI is InChI=1S/C21H16N2O3S/c24-20(22-16-6-2-1-3-7-16)18-8-4-5-9-19(18)26-13-17-14-27-21(23-17)15-10-11-25-12-15/h1-12,14H,13H2,(H,22,24). The second-order valence-electron chi connectivity index (χ2n) is 5.76. The SMILES string of the molecule is O=C(Nc1ccccc1)c1ccccc1OCc1csc(-c2ccoc2)n1. The van der Waals surface area contributed by atoms with Gasteiger partial charge in [-0.1, -0.05) is 30.3 Å². The minimum absolute atomic E-state index is 0.214. The number of carbonyl (C=O) groups excluding carboxylic acids is 1. The van der Waals surface area contributed by atoms with E-state index in [1.165, 1.54) is 11.3 Å². The topological polar surface area (TPSA) is 64.4 Å². The normalized spacial score (nSPS) is 10.5. The minimum atomic E-state index is -0.214. The Labute approximate surface area is 160 Å². The number of carbonyl (C=O) groups is 1. The quantitative estimate of drug-likeness (QED) is 0.500. The predicted octanol–water partition coefficient (Wildman–Crippen LogP) is 5.23. The Balaban J connectivity index is 1.46. The Morgan fingerprint density at radius 2 is 1.89 bits per heavy atom. The maximum Gasteiger partial charge on any atom is 0.259 e. The highest BCUT2D eigenvalue weighted by Gasteiger charge is 2.13. The average Bonchev–Trinajstić information content (AvgIpc) is 3.39. The van der Waals surface area contributed by atoms with Crippen LogP contribution in [0.15, 0.2) is 83.0 Å². The zero-order valence-corrected chi connectivity index (χ0v) is 15.1. The summed E-state index contributed by atoms with van der Waals surface area (Å²) in [4.78, 5) is 17.1. The van der Waals surface area contributed by atoms with E-state index in [9.17, 15) is 4.79 Å². The van der Waals surface area contributed by atoms with Gasteiger partial charge in [0.1, 0.15) is 23.6 Å². The highest BCUT2D eigenvalue weighted by molar-refractivity contribution is 7.13. The smallest absolute Gasteiger partial charge is 0.259 e. The molecule has 0 aliphatic heterocycles. The molecule has 1 N–H and O–H groups in total. The van der Waals surface area contributed by atoms with E-state index in [1.54, 1.807) is 24.7 Å². The number of hydrogen-bond donors (Lipinski definition) is 1. The van der Waals surface area contributed by atoms with Crippen molar-refractivity contribution in [2.45, 2.75) is 6.61 Å². The molecule has 0 unspecified atom stereocenters. The summed E-state index contributed by atoms with van der Waals surface area (Å²) in [7, 11) is 0. The van der Waals surface area contributed by atoms with Crippen LogP contribution in [-0.2, 0) is 6.61 Å². The van der Waals surface area contributed by atoms with E-state index in [4.69, 9.17) is 9.15 Å². The van der Waals surface area contributed by atoms with Gasteiger partial charge in [-0.25, -0.2) is 4.98 Å². The minimum Gasteiger partial charge on any atom is -0.486 e. The van der Waals surface area contributed by atoms with Gasteiger partial charge in [-0.3, -0.25) is 4.79 Å². The lowest BCUT2D eigenvalue weighted by molar-refractivity contribution is 0.102. The second-order valence-corrected chi connectivity index (χ2v) is 6.62. The third-order valence-corrected chi connectivity index (χ3v) is 4.80. The highest BCUT2D eigenvalue weighted by atomic mass is 32.1. The lowest BCUT2D eigenvalue weighted by Crippen LogP contribution is -2.13. The summed E-state index contributed by atoms with van der Waals surface area (Å²) in [6.07, 6.45) is 3.28. The third-order valence-electron chi connectivity index (χ3n) is 3.86. The number of amides is 1. The number of anilines is 1. The first-order chi connectivity index (χ1) is 13.3. The Kier molecular flexibility index (Phi) is 4.98. The van der Waals surface area contributed by atoms with Gasteiger partial charge in [0, 0.05) is 16.6 Å². The largest absolute Gasteiger partial charge is 0.486 e.